The van der Waals surface area contributed by atoms with Gasteiger partial charge in [0.25, 0.3) is 0 Å². The Balaban J connectivity index is 2.78. The van der Waals surface area contributed by atoms with E-state index < -0.39 is 5.50 Å². The van der Waals surface area contributed by atoms with Gasteiger partial charge in [0.1, 0.15) is 5.50 Å². The summed E-state index contributed by atoms with van der Waals surface area (Å²) < 4.78 is 0. The summed E-state index contributed by atoms with van der Waals surface area (Å²) in [4.78, 5) is 10.2. The van der Waals surface area contributed by atoms with Crippen LogP contribution in [0.5, 0.6) is 0 Å². The summed E-state index contributed by atoms with van der Waals surface area (Å²) in [5.41, 5.74) is 0.104. The Morgan fingerprint density at radius 3 is 2.90 bits per heavy atom. The zero-order valence-corrected chi connectivity index (χ0v) is 6.49. The van der Waals surface area contributed by atoms with Gasteiger partial charge in [-0.1, -0.05) is 23.2 Å². The maximum atomic E-state index is 10.2. The molecule has 0 saturated carbocycles. The first-order chi connectivity index (χ1) is 4.74. The van der Waals surface area contributed by atoms with Gasteiger partial charge in [0.2, 0.25) is 0 Å². The fourth-order valence-corrected chi connectivity index (χ4v) is 0.906. The van der Waals surface area contributed by atoms with Crippen LogP contribution in [0.25, 0.3) is 0 Å². The first-order valence-electron chi connectivity index (χ1n) is 2.66. The Hall–Kier alpha value is -0.470. The number of aldehydes is 1. The molecule has 1 aliphatic rings. The molecule has 0 aromatic carbocycles. The molecule has 1 rings (SSSR count). The zero-order chi connectivity index (χ0) is 7.56. The van der Waals surface area contributed by atoms with E-state index in [1.807, 2.05) is 0 Å². The molecule has 10 heavy (non-hydrogen) atoms. The maximum Gasteiger partial charge on any atom is 0.151 e. The largest absolute Gasteiger partial charge is 0.370 e. The van der Waals surface area contributed by atoms with Gasteiger partial charge in [-0.25, -0.2) is 0 Å². The minimum Gasteiger partial charge on any atom is -0.370 e. The SMILES string of the molecule is O=CC1=CNC(Cl)C(Cl)=C1. The Morgan fingerprint density at radius 1 is 1.70 bits per heavy atom. The van der Waals surface area contributed by atoms with Crippen molar-refractivity contribution in [3.63, 3.8) is 0 Å². The van der Waals surface area contributed by atoms with Crippen LogP contribution in [-0.4, -0.2) is 11.8 Å². The van der Waals surface area contributed by atoms with E-state index in [4.69, 9.17) is 23.2 Å². The summed E-state index contributed by atoms with van der Waals surface area (Å²) in [6.45, 7) is 0. The predicted molar refractivity (Wildman–Crippen MR) is 40.9 cm³/mol. The van der Waals surface area contributed by atoms with Crippen molar-refractivity contribution in [2.75, 3.05) is 0 Å². The lowest BCUT2D eigenvalue weighted by molar-refractivity contribution is -0.104. The molecule has 2 nitrogen and oxygen atoms in total. The Labute approximate surface area is 68.5 Å². The van der Waals surface area contributed by atoms with Crippen LogP contribution in [0.3, 0.4) is 0 Å². The first-order valence-corrected chi connectivity index (χ1v) is 3.48. The summed E-state index contributed by atoms with van der Waals surface area (Å²) in [6, 6.07) is 0. The van der Waals surface area contributed by atoms with Crippen molar-refractivity contribution < 1.29 is 4.79 Å². The summed E-state index contributed by atoms with van der Waals surface area (Å²) >= 11 is 11.2. The third-order valence-corrected chi connectivity index (χ3v) is 1.88. The Morgan fingerprint density at radius 2 is 2.40 bits per heavy atom. The molecule has 0 fully saturated rings. The fraction of sp³-hybridized carbons (Fsp3) is 0.167. The second-order valence-electron chi connectivity index (χ2n) is 1.82. The molecule has 0 amide bonds. The van der Waals surface area contributed by atoms with Crippen molar-refractivity contribution in [1.29, 1.82) is 0 Å². The van der Waals surface area contributed by atoms with Crippen LogP contribution >= 0.6 is 23.2 Å². The average molecular weight is 178 g/mol. The molecule has 1 unspecified atom stereocenters. The van der Waals surface area contributed by atoms with Crippen molar-refractivity contribution in [2.24, 2.45) is 0 Å². The van der Waals surface area contributed by atoms with E-state index in [1.54, 1.807) is 0 Å². The van der Waals surface area contributed by atoms with Crippen molar-refractivity contribution in [3.05, 3.63) is 22.9 Å². The van der Waals surface area contributed by atoms with E-state index >= 15 is 0 Å². The van der Waals surface area contributed by atoms with Crippen molar-refractivity contribution in [1.82, 2.24) is 5.32 Å². The molecule has 0 saturated heterocycles. The predicted octanol–water partition coefficient (Wildman–Crippen LogP) is 1.36. The molecule has 1 heterocycles. The number of halogens is 2. The molecular weight excluding hydrogens is 173 g/mol. The van der Waals surface area contributed by atoms with Gasteiger partial charge in [-0.3, -0.25) is 4.79 Å². The standard InChI is InChI=1S/C6H5Cl2NO/c7-5-1-4(3-10)2-9-6(5)8/h1-3,6,9H. The summed E-state index contributed by atoms with van der Waals surface area (Å²) in [5, 5.41) is 3.14. The second kappa shape index (κ2) is 3.08. The van der Waals surface area contributed by atoms with Gasteiger partial charge in [-0.2, -0.15) is 0 Å². The summed E-state index contributed by atoms with van der Waals surface area (Å²) in [6.07, 6.45) is 3.76. The zero-order valence-electron chi connectivity index (χ0n) is 4.97. The number of hydrogen-bond acceptors (Lipinski definition) is 2. The minimum atomic E-state index is -0.398. The van der Waals surface area contributed by atoms with Crippen molar-refractivity contribution in [3.8, 4) is 0 Å². The number of carbonyl (C=O) groups is 1. The Kier molecular flexibility index (Phi) is 2.35. The van der Waals surface area contributed by atoms with Gasteiger partial charge in [0, 0.05) is 11.8 Å². The molecular formula is C6H5Cl2NO. The highest BCUT2D eigenvalue weighted by Gasteiger charge is 2.11. The molecule has 1 aliphatic heterocycles. The fourth-order valence-electron chi connectivity index (χ4n) is 0.591. The number of dihydropyridines is 1. The smallest absolute Gasteiger partial charge is 0.151 e. The third kappa shape index (κ3) is 1.52. The van der Waals surface area contributed by atoms with Gasteiger partial charge in [-0.05, 0) is 6.08 Å². The van der Waals surface area contributed by atoms with Crippen molar-refractivity contribution >= 4 is 29.5 Å². The highest BCUT2D eigenvalue weighted by Crippen LogP contribution is 2.17. The van der Waals surface area contributed by atoms with Gasteiger partial charge < -0.3 is 5.32 Å². The van der Waals surface area contributed by atoms with E-state index in [-0.39, 0.29) is 0 Å². The number of carbonyl (C=O) groups excluding carboxylic acids is 1. The van der Waals surface area contributed by atoms with Crippen LogP contribution in [0, 0.1) is 0 Å². The van der Waals surface area contributed by atoms with E-state index in [2.05, 4.69) is 5.32 Å². The van der Waals surface area contributed by atoms with E-state index in [9.17, 15) is 4.79 Å². The van der Waals surface area contributed by atoms with Crippen LogP contribution in [0.4, 0.5) is 0 Å². The third-order valence-electron chi connectivity index (χ3n) is 1.08. The highest BCUT2D eigenvalue weighted by atomic mass is 35.5. The molecule has 0 radical (unpaired) electrons. The number of rotatable bonds is 1. The quantitative estimate of drug-likeness (QED) is 0.373. The summed E-state index contributed by atoms with van der Waals surface area (Å²) in [7, 11) is 0. The molecule has 0 bridgehead atoms. The second-order valence-corrected chi connectivity index (χ2v) is 2.69. The number of alkyl halides is 1. The summed E-state index contributed by atoms with van der Waals surface area (Å²) in [5.74, 6) is 0. The topological polar surface area (TPSA) is 29.1 Å². The lowest BCUT2D eigenvalue weighted by Crippen LogP contribution is -2.21. The van der Waals surface area contributed by atoms with Gasteiger partial charge in [0.05, 0.1) is 5.03 Å². The van der Waals surface area contributed by atoms with E-state index in [0.717, 1.165) is 0 Å². The molecule has 1 atom stereocenters. The average Bonchev–Trinajstić information content (AvgIpc) is 1.95. The molecule has 4 heteroatoms. The van der Waals surface area contributed by atoms with E-state index in [0.29, 0.717) is 16.9 Å². The first kappa shape index (κ1) is 7.63. The lowest BCUT2D eigenvalue weighted by atomic mass is 10.2. The lowest BCUT2D eigenvalue weighted by Gasteiger charge is -2.12. The molecule has 1 N–H and O–H groups in total. The molecule has 0 aliphatic carbocycles. The van der Waals surface area contributed by atoms with Crippen molar-refractivity contribution in [2.45, 2.75) is 5.50 Å². The van der Waals surface area contributed by atoms with Crippen LogP contribution in [0.2, 0.25) is 0 Å². The molecule has 0 spiro atoms. The van der Waals surface area contributed by atoms with Crippen LogP contribution in [-0.2, 0) is 4.79 Å². The van der Waals surface area contributed by atoms with E-state index in [1.165, 1.54) is 12.3 Å². The molecule has 54 valence electrons. The highest BCUT2D eigenvalue weighted by molar-refractivity contribution is 6.37. The maximum absolute atomic E-state index is 10.2. The number of nitrogens with one attached hydrogen (secondary N) is 1. The van der Waals surface area contributed by atoms with Crippen LogP contribution in [0.1, 0.15) is 0 Å². The van der Waals surface area contributed by atoms with Gasteiger partial charge in [-0.15, -0.1) is 0 Å². The molecule has 0 aromatic heterocycles. The van der Waals surface area contributed by atoms with Crippen LogP contribution in [0.15, 0.2) is 22.9 Å². The van der Waals surface area contributed by atoms with Gasteiger partial charge in [0.15, 0.2) is 6.29 Å². The number of allylic oxidation sites excluding steroid dienone is 2. The minimum absolute atomic E-state index is 0.398. The molecule has 0 aromatic rings. The monoisotopic (exact) mass is 177 g/mol. The number of hydrogen-bond donors (Lipinski definition) is 1. The normalized spacial score (nSPS) is 24.4. The van der Waals surface area contributed by atoms with Gasteiger partial charge >= 0.3 is 0 Å². The Bertz CT molecular complexity index is 210. The van der Waals surface area contributed by atoms with Crippen LogP contribution < -0.4 is 5.32 Å².